The number of hydrogen-bond acceptors (Lipinski definition) is 7. The quantitative estimate of drug-likeness (QED) is 0.642. The Kier molecular flexibility index (Phi) is 4.49. The molecule has 0 aliphatic carbocycles. The molecule has 0 amide bonds. The van der Waals surface area contributed by atoms with Crippen LogP contribution >= 0.6 is 0 Å². The average molecular weight is 292 g/mol. The van der Waals surface area contributed by atoms with Crippen LogP contribution in [0, 0.1) is 10.1 Å². The van der Waals surface area contributed by atoms with Gasteiger partial charge in [0.1, 0.15) is 0 Å². The summed E-state index contributed by atoms with van der Waals surface area (Å²) in [6.07, 6.45) is 0. The smallest absolute Gasteiger partial charge is 0.310 e. The van der Waals surface area contributed by atoms with Gasteiger partial charge in [0.25, 0.3) is 0 Å². The first kappa shape index (κ1) is 14.9. The molecule has 0 saturated heterocycles. The van der Waals surface area contributed by atoms with Crippen LogP contribution in [0.25, 0.3) is 11.5 Å². The molecule has 1 aromatic heterocycles. The number of methoxy groups -OCH3 is 1. The van der Waals surface area contributed by atoms with E-state index in [-0.39, 0.29) is 11.4 Å². The lowest BCUT2D eigenvalue weighted by Gasteiger charge is -2.04. The van der Waals surface area contributed by atoms with Gasteiger partial charge in [0.15, 0.2) is 5.75 Å². The number of nitro groups is 1. The van der Waals surface area contributed by atoms with Crippen molar-refractivity contribution in [3.05, 3.63) is 34.2 Å². The van der Waals surface area contributed by atoms with Gasteiger partial charge in [-0.2, -0.15) is 0 Å². The van der Waals surface area contributed by atoms with Gasteiger partial charge in [0.05, 0.1) is 18.6 Å². The van der Waals surface area contributed by atoms with Crippen molar-refractivity contribution in [2.75, 3.05) is 7.11 Å². The summed E-state index contributed by atoms with van der Waals surface area (Å²) in [6.45, 7) is 4.49. The zero-order valence-corrected chi connectivity index (χ0v) is 12.0. The van der Waals surface area contributed by atoms with Crippen molar-refractivity contribution in [2.24, 2.45) is 0 Å². The van der Waals surface area contributed by atoms with Gasteiger partial charge in [-0.05, 0) is 6.07 Å². The maximum Gasteiger partial charge on any atom is 0.310 e. The lowest BCUT2D eigenvalue weighted by atomic mass is 10.2. The molecule has 1 heterocycles. The predicted octanol–water partition coefficient (Wildman–Crippen LogP) is 2.15. The fourth-order valence-electron chi connectivity index (χ4n) is 1.69. The molecule has 112 valence electrons. The zero-order valence-electron chi connectivity index (χ0n) is 12.0. The molecule has 0 unspecified atom stereocenters. The molecule has 0 atom stereocenters. The van der Waals surface area contributed by atoms with Gasteiger partial charge in [0.2, 0.25) is 11.8 Å². The van der Waals surface area contributed by atoms with E-state index in [9.17, 15) is 10.1 Å². The van der Waals surface area contributed by atoms with Crippen LogP contribution in [0.5, 0.6) is 5.75 Å². The molecule has 0 radical (unpaired) electrons. The second-order valence-electron chi connectivity index (χ2n) is 4.68. The van der Waals surface area contributed by atoms with E-state index >= 15 is 0 Å². The summed E-state index contributed by atoms with van der Waals surface area (Å²) in [5.41, 5.74) is 0.461. The second kappa shape index (κ2) is 6.31. The third-order valence-electron chi connectivity index (χ3n) is 2.75. The van der Waals surface area contributed by atoms with Crippen LogP contribution in [0.2, 0.25) is 0 Å². The van der Waals surface area contributed by atoms with Crippen molar-refractivity contribution in [3.63, 3.8) is 0 Å². The van der Waals surface area contributed by atoms with E-state index in [1.165, 1.54) is 19.2 Å². The van der Waals surface area contributed by atoms with Crippen LogP contribution in [0.15, 0.2) is 22.6 Å². The highest BCUT2D eigenvalue weighted by molar-refractivity contribution is 5.61. The molecule has 2 rings (SSSR count). The Labute approximate surface area is 121 Å². The molecule has 0 saturated carbocycles. The Bertz CT molecular complexity index is 639. The number of nitrogens with zero attached hydrogens (tertiary/aromatic N) is 3. The summed E-state index contributed by atoms with van der Waals surface area (Å²) < 4.78 is 10.5. The minimum absolute atomic E-state index is 0.109. The van der Waals surface area contributed by atoms with Gasteiger partial charge in [0, 0.05) is 23.7 Å². The summed E-state index contributed by atoms with van der Waals surface area (Å²) in [7, 11) is 1.37. The van der Waals surface area contributed by atoms with Gasteiger partial charge in [-0.25, -0.2) is 0 Å². The third kappa shape index (κ3) is 3.54. The summed E-state index contributed by atoms with van der Waals surface area (Å²) in [6, 6.07) is 4.71. The van der Waals surface area contributed by atoms with Gasteiger partial charge in [-0.15, -0.1) is 10.2 Å². The van der Waals surface area contributed by atoms with Crippen LogP contribution in [0.4, 0.5) is 5.69 Å². The van der Waals surface area contributed by atoms with Crippen molar-refractivity contribution < 1.29 is 14.1 Å². The van der Waals surface area contributed by atoms with Crippen molar-refractivity contribution in [3.8, 4) is 17.2 Å². The maximum atomic E-state index is 10.8. The molecular formula is C13H16N4O4. The first-order valence-corrected chi connectivity index (χ1v) is 6.40. The van der Waals surface area contributed by atoms with E-state index in [1.807, 2.05) is 13.8 Å². The van der Waals surface area contributed by atoms with Crippen LogP contribution in [-0.4, -0.2) is 28.3 Å². The summed E-state index contributed by atoms with van der Waals surface area (Å²) in [5.74, 6) is 0.900. The van der Waals surface area contributed by atoms with E-state index < -0.39 is 4.92 Å². The molecule has 8 heteroatoms. The molecule has 1 N–H and O–H groups in total. The Morgan fingerprint density at radius 2 is 2.19 bits per heavy atom. The van der Waals surface area contributed by atoms with Crippen LogP contribution in [-0.2, 0) is 6.54 Å². The van der Waals surface area contributed by atoms with E-state index in [2.05, 4.69) is 15.5 Å². The second-order valence-corrected chi connectivity index (χ2v) is 4.68. The number of nitro benzene ring substituents is 1. The Balaban J connectivity index is 2.24. The number of hydrogen-bond donors (Lipinski definition) is 1. The van der Waals surface area contributed by atoms with Gasteiger partial charge >= 0.3 is 5.69 Å². The topological polar surface area (TPSA) is 103 Å². The molecule has 21 heavy (non-hydrogen) atoms. The van der Waals surface area contributed by atoms with Crippen LogP contribution < -0.4 is 10.1 Å². The van der Waals surface area contributed by atoms with Crippen LogP contribution in [0.1, 0.15) is 19.7 Å². The van der Waals surface area contributed by atoms with E-state index in [0.29, 0.717) is 29.9 Å². The predicted molar refractivity (Wildman–Crippen MR) is 74.9 cm³/mol. The first-order valence-electron chi connectivity index (χ1n) is 6.40. The highest BCUT2D eigenvalue weighted by atomic mass is 16.6. The number of benzene rings is 1. The molecular weight excluding hydrogens is 276 g/mol. The monoisotopic (exact) mass is 292 g/mol. The van der Waals surface area contributed by atoms with E-state index in [0.717, 1.165) is 0 Å². The molecule has 0 spiro atoms. The van der Waals surface area contributed by atoms with Crippen molar-refractivity contribution in [1.82, 2.24) is 15.5 Å². The van der Waals surface area contributed by atoms with Gasteiger partial charge in [-0.3, -0.25) is 10.1 Å². The van der Waals surface area contributed by atoms with Crippen molar-refractivity contribution >= 4 is 5.69 Å². The Hall–Kier alpha value is -2.48. The average Bonchev–Trinajstić information content (AvgIpc) is 2.93. The van der Waals surface area contributed by atoms with E-state index in [1.54, 1.807) is 6.07 Å². The lowest BCUT2D eigenvalue weighted by Crippen LogP contribution is -2.21. The fourth-order valence-corrected chi connectivity index (χ4v) is 1.69. The normalized spacial score (nSPS) is 10.9. The zero-order chi connectivity index (χ0) is 15.4. The van der Waals surface area contributed by atoms with Crippen molar-refractivity contribution in [1.29, 1.82) is 0 Å². The summed E-state index contributed by atoms with van der Waals surface area (Å²) in [5, 5.41) is 21.9. The molecule has 8 nitrogen and oxygen atoms in total. The van der Waals surface area contributed by atoms with Gasteiger partial charge in [-0.1, -0.05) is 13.8 Å². The minimum Gasteiger partial charge on any atom is -0.490 e. The molecule has 0 bridgehead atoms. The lowest BCUT2D eigenvalue weighted by molar-refractivity contribution is -0.385. The number of aromatic nitrogens is 2. The summed E-state index contributed by atoms with van der Waals surface area (Å²) >= 11 is 0. The van der Waals surface area contributed by atoms with Crippen LogP contribution in [0.3, 0.4) is 0 Å². The standard InChI is InChI=1S/C13H16N4O4/c1-8(2)14-7-12-15-16-13(21-12)9-4-5-10(17(18)19)11(6-9)20-3/h4-6,8,14H,7H2,1-3H3. The molecule has 2 aromatic rings. The highest BCUT2D eigenvalue weighted by Crippen LogP contribution is 2.31. The minimum atomic E-state index is -0.506. The number of ether oxygens (including phenoxy) is 1. The molecule has 0 fully saturated rings. The van der Waals surface area contributed by atoms with E-state index in [4.69, 9.17) is 9.15 Å². The maximum absolute atomic E-state index is 10.8. The molecule has 1 aromatic carbocycles. The number of rotatable bonds is 6. The molecule has 0 aliphatic heterocycles. The fraction of sp³-hybridized carbons (Fsp3) is 0.385. The largest absolute Gasteiger partial charge is 0.490 e. The SMILES string of the molecule is COc1cc(-c2nnc(CNC(C)C)o2)ccc1[N+](=O)[O-]. The Morgan fingerprint density at radius 1 is 1.43 bits per heavy atom. The third-order valence-corrected chi connectivity index (χ3v) is 2.75. The summed E-state index contributed by atoms with van der Waals surface area (Å²) in [4.78, 5) is 10.3. The van der Waals surface area contributed by atoms with Gasteiger partial charge < -0.3 is 14.5 Å². The highest BCUT2D eigenvalue weighted by Gasteiger charge is 2.17. The van der Waals surface area contributed by atoms with Crippen molar-refractivity contribution in [2.45, 2.75) is 26.4 Å². The molecule has 0 aliphatic rings. The Morgan fingerprint density at radius 3 is 2.81 bits per heavy atom. The first-order chi connectivity index (χ1) is 10.0. The number of nitrogens with one attached hydrogen (secondary N) is 1.